The second-order valence-corrected chi connectivity index (χ2v) is 6.09. The molecule has 20 heavy (non-hydrogen) atoms. The molecule has 1 atom stereocenters. The summed E-state index contributed by atoms with van der Waals surface area (Å²) in [5, 5.41) is 10.4. The fraction of sp³-hybridized carbons (Fsp3) is 0.333. The van der Waals surface area contributed by atoms with Gasteiger partial charge in [0.25, 0.3) is 5.69 Å². The van der Waals surface area contributed by atoms with E-state index in [1.54, 1.807) is 0 Å². The molecule has 0 saturated carbocycles. The van der Waals surface area contributed by atoms with E-state index in [0.29, 0.717) is 12.8 Å². The van der Waals surface area contributed by atoms with Crippen molar-refractivity contribution in [3.8, 4) is 12.3 Å². The number of terminal acetylenes is 1. The number of hydrogen-bond acceptors (Lipinski definition) is 4. The number of nitrogens with zero attached hydrogens (tertiary/aromatic N) is 1. The van der Waals surface area contributed by atoms with Crippen molar-refractivity contribution in [1.82, 2.24) is 4.72 Å². The van der Waals surface area contributed by atoms with Crippen LogP contribution in [0.15, 0.2) is 23.1 Å². The lowest BCUT2D eigenvalue weighted by Crippen LogP contribution is -2.33. The molecule has 0 fully saturated rings. The van der Waals surface area contributed by atoms with Crippen LogP contribution in [-0.4, -0.2) is 19.4 Å². The first-order valence-electron chi connectivity index (χ1n) is 5.74. The first kappa shape index (κ1) is 16.4. The molecule has 1 unspecified atom stereocenters. The number of sulfonamides is 1. The quantitative estimate of drug-likeness (QED) is 0.495. The van der Waals surface area contributed by atoms with Crippen molar-refractivity contribution in [3.05, 3.63) is 33.3 Å². The highest BCUT2D eigenvalue weighted by molar-refractivity contribution is 7.89. The molecule has 0 amide bonds. The van der Waals surface area contributed by atoms with Gasteiger partial charge >= 0.3 is 0 Å². The number of nitro benzene ring substituents is 1. The zero-order chi connectivity index (χ0) is 15.3. The smallest absolute Gasteiger partial charge is 0.258 e. The number of halogens is 1. The molecule has 6 nitrogen and oxygen atoms in total. The van der Waals surface area contributed by atoms with Crippen molar-refractivity contribution in [1.29, 1.82) is 0 Å². The molecule has 108 valence electrons. The summed E-state index contributed by atoms with van der Waals surface area (Å²) in [4.78, 5) is 9.69. The van der Waals surface area contributed by atoms with Crippen molar-refractivity contribution in [3.63, 3.8) is 0 Å². The second-order valence-electron chi connectivity index (χ2n) is 4.00. The molecule has 0 bridgehead atoms. The molecule has 0 aromatic heterocycles. The van der Waals surface area contributed by atoms with Crippen LogP contribution < -0.4 is 4.72 Å². The summed E-state index contributed by atoms with van der Waals surface area (Å²) < 4.78 is 26.6. The number of benzene rings is 1. The van der Waals surface area contributed by atoms with Gasteiger partial charge in [-0.2, -0.15) is 4.72 Å². The molecule has 1 N–H and O–H groups in total. The van der Waals surface area contributed by atoms with E-state index in [9.17, 15) is 18.5 Å². The lowest BCUT2D eigenvalue weighted by Gasteiger charge is -2.13. The third-order valence-corrected chi connectivity index (χ3v) is 4.45. The first-order valence-corrected chi connectivity index (χ1v) is 7.60. The van der Waals surface area contributed by atoms with Crippen LogP contribution in [0.5, 0.6) is 0 Å². The molecule has 8 heteroatoms. The van der Waals surface area contributed by atoms with Crippen LogP contribution in [0.4, 0.5) is 5.69 Å². The number of nitro groups is 1. The Morgan fingerprint density at radius 1 is 1.55 bits per heavy atom. The standard InChI is InChI=1S/C12H13ClN2O4S/c1-3-5-9(4-2)14-20(18,19)12-7-6-10(15(16)17)8-11(12)13/h2,6-9,14H,3,5H2,1H3. The fourth-order valence-electron chi connectivity index (χ4n) is 1.54. The van der Waals surface area contributed by atoms with Crippen LogP contribution in [0.1, 0.15) is 19.8 Å². The Morgan fingerprint density at radius 2 is 2.20 bits per heavy atom. The van der Waals surface area contributed by atoms with Crippen molar-refractivity contribution in [2.45, 2.75) is 30.7 Å². The van der Waals surface area contributed by atoms with Crippen LogP contribution in [-0.2, 0) is 10.0 Å². The largest absolute Gasteiger partial charge is 0.271 e. The summed E-state index contributed by atoms with van der Waals surface area (Å²) in [5.41, 5.74) is -0.281. The van der Waals surface area contributed by atoms with E-state index in [4.69, 9.17) is 18.0 Å². The van der Waals surface area contributed by atoms with E-state index in [1.807, 2.05) is 6.92 Å². The molecule has 0 heterocycles. The summed E-state index contributed by atoms with van der Waals surface area (Å²) in [7, 11) is -3.91. The minimum atomic E-state index is -3.91. The molecule has 1 aromatic rings. The van der Waals surface area contributed by atoms with Gasteiger partial charge < -0.3 is 0 Å². The average molecular weight is 317 g/mol. The molecule has 0 aliphatic rings. The molecular formula is C12H13ClN2O4S. The molecule has 0 aliphatic carbocycles. The Balaban J connectivity index is 3.10. The van der Waals surface area contributed by atoms with E-state index in [-0.39, 0.29) is 15.6 Å². The number of rotatable bonds is 6. The van der Waals surface area contributed by atoms with E-state index in [0.717, 1.165) is 18.2 Å². The van der Waals surface area contributed by atoms with Gasteiger partial charge in [-0.05, 0) is 12.5 Å². The highest BCUT2D eigenvalue weighted by Gasteiger charge is 2.22. The third-order valence-electron chi connectivity index (χ3n) is 2.49. The van der Waals surface area contributed by atoms with Crippen LogP contribution in [0.25, 0.3) is 0 Å². The Hall–Kier alpha value is -1.62. The molecular weight excluding hydrogens is 304 g/mol. The van der Waals surface area contributed by atoms with Gasteiger partial charge in [0.1, 0.15) is 4.90 Å². The number of nitrogens with one attached hydrogen (secondary N) is 1. The van der Waals surface area contributed by atoms with E-state index in [2.05, 4.69) is 10.6 Å². The van der Waals surface area contributed by atoms with Gasteiger partial charge in [0.05, 0.1) is 16.0 Å². The van der Waals surface area contributed by atoms with Crippen molar-refractivity contribution in [2.24, 2.45) is 0 Å². The lowest BCUT2D eigenvalue weighted by molar-refractivity contribution is -0.384. The first-order chi connectivity index (χ1) is 9.31. The normalized spacial score (nSPS) is 12.7. The molecule has 0 aliphatic heterocycles. The van der Waals surface area contributed by atoms with Gasteiger partial charge in [0.2, 0.25) is 10.0 Å². The van der Waals surface area contributed by atoms with Gasteiger partial charge in [-0.3, -0.25) is 10.1 Å². The van der Waals surface area contributed by atoms with Gasteiger partial charge in [0, 0.05) is 12.1 Å². The predicted octanol–water partition coefficient (Wildman–Crippen LogP) is 2.33. The SMILES string of the molecule is C#CC(CCC)NS(=O)(=O)c1ccc([N+](=O)[O-])cc1Cl. The molecule has 0 saturated heterocycles. The Morgan fingerprint density at radius 3 is 2.65 bits per heavy atom. The van der Waals surface area contributed by atoms with Crippen LogP contribution >= 0.6 is 11.6 Å². The Bertz CT molecular complexity index is 652. The zero-order valence-corrected chi connectivity index (χ0v) is 12.2. The molecule has 0 spiro atoms. The average Bonchev–Trinajstić information content (AvgIpc) is 2.37. The minimum absolute atomic E-state index is 0.223. The van der Waals surface area contributed by atoms with Crippen LogP contribution in [0.2, 0.25) is 5.02 Å². The summed E-state index contributed by atoms with van der Waals surface area (Å²) in [5.74, 6) is 2.34. The second kappa shape index (κ2) is 6.70. The summed E-state index contributed by atoms with van der Waals surface area (Å²) >= 11 is 5.79. The van der Waals surface area contributed by atoms with Crippen LogP contribution in [0, 0.1) is 22.5 Å². The lowest BCUT2D eigenvalue weighted by atomic mass is 10.2. The zero-order valence-electron chi connectivity index (χ0n) is 10.7. The maximum Gasteiger partial charge on any atom is 0.271 e. The van der Waals surface area contributed by atoms with Crippen molar-refractivity contribution in [2.75, 3.05) is 0 Å². The molecule has 1 aromatic carbocycles. The number of hydrogen-bond donors (Lipinski definition) is 1. The Labute approximate surface area is 122 Å². The fourth-order valence-corrected chi connectivity index (χ4v) is 3.27. The maximum absolute atomic E-state index is 12.1. The van der Waals surface area contributed by atoms with Gasteiger partial charge in [-0.25, -0.2) is 8.42 Å². The van der Waals surface area contributed by atoms with E-state index in [1.165, 1.54) is 0 Å². The molecule has 1 rings (SSSR count). The summed E-state index contributed by atoms with van der Waals surface area (Å²) in [6.07, 6.45) is 6.45. The number of non-ortho nitro benzene ring substituents is 1. The Kier molecular flexibility index (Phi) is 5.51. The summed E-state index contributed by atoms with van der Waals surface area (Å²) in [6, 6.07) is 2.50. The third kappa shape index (κ3) is 3.93. The van der Waals surface area contributed by atoms with Gasteiger partial charge in [0.15, 0.2) is 0 Å². The predicted molar refractivity (Wildman–Crippen MR) is 76.0 cm³/mol. The molecule has 0 radical (unpaired) electrons. The summed E-state index contributed by atoms with van der Waals surface area (Å²) in [6.45, 7) is 1.87. The highest BCUT2D eigenvalue weighted by Crippen LogP contribution is 2.26. The van der Waals surface area contributed by atoms with Crippen LogP contribution in [0.3, 0.4) is 0 Å². The van der Waals surface area contributed by atoms with E-state index < -0.39 is 21.0 Å². The van der Waals surface area contributed by atoms with Gasteiger partial charge in [-0.1, -0.05) is 30.9 Å². The van der Waals surface area contributed by atoms with Crippen molar-refractivity contribution < 1.29 is 13.3 Å². The minimum Gasteiger partial charge on any atom is -0.258 e. The van der Waals surface area contributed by atoms with E-state index >= 15 is 0 Å². The monoisotopic (exact) mass is 316 g/mol. The van der Waals surface area contributed by atoms with Crippen molar-refractivity contribution >= 4 is 27.3 Å². The highest BCUT2D eigenvalue weighted by atomic mass is 35.5. The van der Waals surface area contributed by atoms with Gasteiger partial charge in [-0.15, -0.1) is 6.42 Å². The topological polar surface area (TPSA) is 89.3 Å². The maximum atomic E-state index is 12.1.